The number of aromatic nitrogens is 2. The molecule has 1 aliphatic heterocycles. The SMILES string of the molecule is O=C1CSC(=O)N1CCNS(=O)(=O)c1cnc(Cl)nc1. The Kier molecular flexibility index (Phi) is 4.58. The number of hydrogen-bond donors (Lipinski definition) is 1. The van der Waals surface area contributed by atoms with Crippen molar-refractivity contribution in [2.75, 3.05) is 18.8 Å². The summed E-state index contributed by atoms with van der Waals surface area (Å²) in [6, 6.07) is 0. The number of nitrogens with zero attached hydrogens (tertiary/aromatic N) is 3. The molecule has 108 valence electrons. The van der Waals surface area contributed by atoms with E-state index in [1.807, 2.05) is 0 Å². The quantitative estimate of drug-likeness (QED) is 0.759. The molecular weight excluding hydrogens is 328 g/mol. The van der Waals surface area contributed by atoms with E-state index in [-0.39, 0.29) is 40.2 Å². The van der Waals surface area contributed by atoms with Gasteiger partial charge in [0, 0.05) is 13.1 Å². The van der Waals surface area contributed by atoms with E-state index < -0.39 is 10.0 Å². The van der Waals surface area contributed by atoms with Crippen molar-refractivity contribution in [2.24, 2.45) is 0 Å². The van der Waals surface area contributed by atoms with Crippen LogP contribution < -0.4 is 4.72 Å². The average molecular weight is 337 g/mol. The Balaban J connectivity index is 1.94. The van der Waals surface area contributed by atoms with Crippen LogP contribution in [0, 0.1) is 0 Å². The summed E-state index contributed by atoms with van der Waals surface area (Å²) < 4.78 is 26.0. The minimum absolute atomic E-state index is 0.0155. The summed E-state index contributed by atoms with van der Waals surface area (Å²) >= 11 is 6.36. The van der Waals surface area contributed by atoms with Crippen molar-refractivity contribution < 1.29 is 18.0 Å². The minimum Gasteiger partial charge on any atom is -0.273 e. The largest absolute Gasteiger partial charge is 0.288 e. The van der Waals surface area contributed by atoms with Gasteiger partial charge in [0.05, 0.1) is 18.1 Å². The standard InChI is InChI=1S/C9H9ClN4O4S2/c10-8-11-3-6(4-12-8)20(17,18)13-1-2-14-7(15)5-19-9(14)16/h3-4,13H,1-2,5H2. The molecule has 2 rings (SSSR count). The molecule has 2 amide bonds. The molecule has 1 aliphatic rings. The van der Waals surface area contributed by atoms with Crippen LogP contribution in [-0.4, -0.2) is 53.3 Å². The van der Waals surface area contributed by atoms with E-state index in [0.717, 1.165) is 29.1 Å². The normalized spacial score (nSPS) is 15.9. The van der Waals surface area contributed by atoms with Gasteiger partial charge in [0.25, 0.3) is 5.24 Å². The third-order valence-corrected chi connectivity index (χ3v) is 4.84. The molecule has 0 saturated carbocycles. The van der Waals surface area contributed by atoms with Crippen molar-refractivity contribution in [3.05, 3.63) is 17.7 Å². The maximum atomic E-state index is 11.9. The number of rotatable bonds is 5. The van der Waals surface area contributed by atoms with Gasteiger partial charge in [-0.2, -0.15) is 0 Å². The van der Waals surface area contributed by atoms with Crippen molar-refractivity contribution >= 4 is 44.5 Å². The summed E-state index contributed by atoms with van der Waals surface area (Å²) in [5.41, 5.74) is 0. The van der Waals surface area contributed by atoms with Gasteiger partial charge >= 0.3 is 0 Å². The van der Waals surface area contributed by atoms with Gasteiger partial charge in [0.2, 0.25) is 21.2 Å². The van der Waals surface area contributed by atoms with E-state index in [4.69, 9.17) is 11.6 Å². The number of nitrogens with one attached hydrogen (secondary N) is 1. The van der Waals surface area contributed by atoms with Gasteiger partial charge in [-0.05, 0) is 11.6 Å². The number of thioether (sulfide) groups is 1. The van der Waals surface area contributed by atoms with E-state index in [2.05, 4.69) is 14.7 Å². The maximum absolute atomic E-state index is 11.9. The van der Waals surface area contributed by atoms with E-state index >= 15 is 0 Å². The Morgan fingerprint density at radius 1 is 1.35 bits per heavy atom. The van der Waals surface area contributed by atoms with Crippen molar-refractivity contribution in [3.63, 3.8) is 0 Å². The van der Waals surface area contributed by atoms with E-state index in [0.29, 0.717) is 0 Å². The van der Waals surface area contributed by atoms with Gasteiger partial charge in [-0.15, -0.1) is 0 Å². The zero-order valence-corrected chi connectivity index (χ0v) is 12.3. The number of carbonyl (C=O) groups is 2. The molecule has 0 aliphatic carbocycles. The van der Waals surface area contributed by atoms with Gasteiger partial charge in [0.1, 0.15) is 4.90 Å². The third kappa shape index (κ3) is 3.45. The molecule has 0 aromatic carbocycles. The predicted molar refractivity (Wildman–Crippen MR) is 71.8 cm³/mol. The monoisotopic (exact) mass is 336 g/mol. The fraction of sp³-hybridized carbons (Fsp3) is 0.333. The molecular formula is C9H9ClN4O4S2. The third-order valence-electron chi connectivity index (χ3n) is 2.37. The van der Waals surface area contributed by atoms with Gasteiger partial charge in [-0.1, -0.05) is 11.8 Å². The summed E-state index contributed by atoms with van der Waals surface area (Å²) in [6.45, 7) is -0.0959. The fourth-order valence-electron chi connectivity index (χ4n) is 1.41. The molecule has 2 heterocycles. The number of carbonyl (C=O) groups excluding carboxylic acids is 2. The van der Waals surface area contributed by atoms with Crippen LogP contribution in [0.1, 0.15) is 0 Å². The predicted octanol–water partition coefficient (Wildman–Crippen LogP) is 0.104. The number of hydrogen-bond acceptors (Lipinski definition) is 7. The minimum atomic E-state index is -3.79. The molecule has 0 spiro atoms. The number of sulfonamides is 1. The summed E-state index contributed by atoms with van der Waals surface area (Å²) in [7, 11) is -3.79. The van der Waals surface area contributed by atoms with E-state index in [9.17, 15) is 18.0 Å². The summed E-state index contributed by atoms with van der Waals surface area (Å²) in [6.07, 6.45) is 2.14. The first-order valence-corrected chi connectivity index (χ1v) is 8.19. The van der Waals surface area contributed by atoms with Crippen molar-refractivity contribution in [1.82, 2.24) is 19.6 Å². The second kappa shape index (κ2) is 6.04. The molecule has 0 unspecified atom stereocenters. The number of amides is 2. The summed E-state index contributed by atoms with van der Waals surface area (Å²) in [5.74, 6) is -0.231. The summed E-state index contributed by atoms with van der Waals surface area (Å²) in [4.78, 5) is 30.6. The van der Waals surface area contributed by atoms with Crippen LogP contribution in [0.5, 0.6) is 0 Å². The number of imide groups is 1. The van der Waals surface area contributed by atoms with Gasteiger partial charge < -0.3 is 0 Å². The molecule has 1 aromatic heterocycles. The highest BCUT2D eigenvalue weighted by molar-refractivity contribution is 8.14. The first-order valence-electron chi connectivity index (χ1n) is 5.34. The van der Waals surface area contributed by atoms with Crippen LogP contribution in [0.15, 0.2) is 17.3 Å². The lowest BCUT2D eigenvalue weighted by Crippen LogP contribution is -2.37. The van der Waals surface area contributed by atoms with Crippen molar-refractivity contribution in [2.45, 2.75) is 4.90 Å². The fourth-order valence-corrected chi connectivity index (χ4v) is 3.17. The second-order valence-corrected chi connectivity index (χ2v) is 6.72. The Labute approximate surface area is 124 Å². The van der Waals surface area contributed by atoms with Crippen LogP contribution in [0.2, 0.25) is 5.28 Å². The Morgan fingerprint density at radius 2 is 2.00 bits per heavy atom. The highest BCUT2D eigenvalue weighted by Gasteiger charge is 2.29. The van der Waals surface area contributed by atoms with Crippen LogP contribution in [0.4, 0.5) is 4.79 Å². The molecule has 0 atom stereocenters. The molecule has 8 nitrogen and oxygen atoms in total. The van der Waals surface area contributed by atoms with Crippen LogP contribution in [-0.2, 0) is 14.8 Å². The summed E-state index contributed by atoms with van der Waals surface area (Å²) in [5, 5.41) is -0.432. The molecule has 1 fully saturated rings. The Morgan fingerprint density at radius 3 is 2.55 bits per heavy atom. The molecule has 1 aromatic rings. The zero-order chi connectivity index (χ0) is 14.8. The van der Waals surface area contributed by atoms with Crippen molar-refractivity contribution in [3.8, 4) is 0 Å². The molecule has 1 N–H and O–H groups in total. The van der Waals surface area contributed by atoms with E-state index in [1.54, 1.807) is 0 Å². The topological polar surface area (TPSA) is 109 Å². The molecule has 0 radical (unpaired) electrons. The van der Waals surface area contributed by atoms with Crippen LogP contribution in [0.25, 0.3) is 0 Å². The lowest BCUT2D eigenvalue weighted by Gasteiger charge is -2.13. The second-order valence-electron chi connectivity index (χ2n) is 3.69. The molecule has 11 heteroatoms. The average Bonchev–Trinajstić information content (AvgIpc) is 2.71. The van der Waals surface area contributed by atoms with Crippen LogP contribution in [0.3, 0.4) is 0 Å². The Bertz CT molecular complexity index is 618. The Hall–Kier alpha value is -1.23. The maximum Gasteiger partial charge on any atom is 0.288 e. The highest BCUT2D eigenvalue weighted by Crippen LogP contribution is 2.17. The van der Waals surface area contributed by atoms with E-state index in [1.165, 1.54) is 0 Å². The first-order chi connectivity index (χ1) is 9.40. The molecule has 0 bridgehead atoms. The van der Waals surface area contributed by atoms with Gasteiger partial charge in [-0.3, -0.25) is 14.5 Å². The highest BCUT2D eigenvalue weighted by atomic mass is 35.5. The van der Waals surface area contributed by atoms with Gasteiger partial charge in [-0.25, -0.2) is 23.1 Å². The molecule has 20 heavy (non-hydrogen) atoms. The lowest BCUT2D eigenvalue weighted by molar-refractivity contribution is -0.124. The van der Waals surface area contributed by atoms with Crippen LogP contribution >= 0.6 is 23.4 Å². The lowest BCUT2D eigenvalue weighted by atomic mass is 10.5. The zero-order valence-electron chi connectivity index (χ0n) is 9.95. The van der Waals surface area contributed by atoms with Crippen molar-refractivity contribution in [1.29, 1.82) is 0 Å². The van der Waals surface area contributed by atoms with Gasteiger partial charge in [0.15, 0.2) is 0 Å². The first kappa shape index (κ1) is 15.2. The molecule has 1 saturated heterocycles. The number of halogens is 1. The smallest absolute Gasteiger partial charge is 0.273 e.